The molecule has 2 amide bonds. The Hall–Kier alpha value is -2.77. The average molecular weight is 261 g/mol. The summed E-state index contributed by atoms with van der Waals surface area (Å²) in [5.41, 5.74) is 1.02. The molecule has 0 bridgehead atoms. The maximum absolute atomic E-state index is 11.8. The highest BCUT2D eigenvalue weighted by atomic mass is 16.7. The number of benzene rings is 1. The lowest BCUT2D eigenvalue weighted by molar-refractivity contribution is -0.172. The summed E-state index contributed by atoms with van der Waals surface area (Å²) in [6.07, 6.45) is 0.108. The van der Waals surface area contributed by atoms with E-state index in [1.54, 1.807) is 0 Å². The minimum atomic E-state index is -0.812. The van der Waals surface area contributed by atoms with Gasteiger partial charge in [-0.1, -0.05) is 0 Å². The van der Waals surface area contributed by atoms with E-state index in [2.05, 4.69) is 14.9 Å². The molecule has 3 rings (SSSR count). The Morgan fingerprint density at radius 1 is 1.16 bits per heavy atom. The largest absolute Gasteiger partial charge is 0.364 e. The Bertz CT molecular complexity index is 676. The highest BCUT2D eigenvalue weighted by molar-refractivity contribution is 6.03. The summed E-state index contributed by atoms with van der Waals surface area (Å²) in [5, 5.41) is 7.67. The highest BCUT2D eigenvalue weighted by Gasteiger charge is 2.33. The number of carbonyl (C=O) groups is 3. The molecule has 1 aromatic carbocycles. The molecule has 19 heavy (non-hydrogen) atoms. The van der Waals surface area contributed by atoms with E-state index in [0.717, 1.165) is 0 Å². The second-order valence-electron chi connectivity index (χ2n) is 3.93. The normalized spacial score (nSPS) is 15.3. The molecule has 0 spiro atoms. The first-order valence-electron chi connectivity index (χ1n) is 5.45. The van der Waals surface area contributed by atoms with E-state index in [1.807, 2.05) is 0 Å². The molecule has 2 aromatic rings. The third kappa shape index (κ3) is 1.92. The predicted octanol–water partition coefficient (Wildman–Crippen LogP) is 0.444. The van der Waals surface area contributed by atoms with Gasteiger partial charge < -0.3 is 4.84 Å². The lowest BCUT2D eigenvalue weighted by Crippen LogP contribution is -2.32. The van der Waals surface area contributed by atoms with Crippen molar-refractivity contribution in [2.45, 2.75) is 12.8 Å². The van der Waals surface area contributed by atoms with Gasteiger partial charge in [-0.25, -0.2) is 9.42 Å². The van der Waals surface area contributed by atoms with Gasteiger partial charge in [0.1, 0.15) is 11.0 Å². The Morgan fingerprint density at radius 3 is 2.58 bits per heavy atom. The summed E-state index contributed by atoms with van der Waals surface area (Å²) in [6, 6.07) is 4.37. The van der Waals surface area contributed by atoms with Crippen LogP contribution in [0.25, 0.3) is 11.0 Å². The predicted molar refractivity (Wildman–Crippen MR) is 58.3 cm³/mol. The van der Waals surface area contributed by atoms with E-state index in [9.17, 15) is 14.4 Å². The van der Waals surface area contributed by atoms with Gasteiger partial charge >= 0.3 is 5.97 Å². The molecular formula is C11H7N3O5. The fourth-order valence-corrected chi connectivity index (χ4v) is 1.70. The van der Waals surface area contributed by atoms with Crippen LogP contribution >= 0.6 is 0 Å². The number of hydrogen-bond donors (Lipinski definition) is 0. The second kappa shape index (κ2) is 4.16. The van der Waals surface area contributed by atoms with Gasteiger partial charge in [-0.15, -0.1) is 5.06 Å². The van der Waals surface area contributed by atoms with Crippen molar-refractivity contribution in [2.75, 3.05) is 0 Å². The van der Waals surface area contributed by atoms with Crippen LogP contribution in [0.5, 0.6) is 0 Å². The van der Waals surface area contributed by atoms with Crippen LogP contribution in [0.15, 0.2) is 22.8 Å². The molecule has 96 valence electrons. The van der Waals surface area contributed by atoms with E-state index >= 15 is 0 Å². The summed E-state index contributed by atoms with van der Waals surface area (Å²) < 4.78 is 4.50. The van der Waals surface area contributed by atoms with Gasteiger partial charge in [-0.05, 0) is 28.5 Å². The summed E-state index contributed by atoms with van der Waals surface area (Å²) >= 11 is 0. The summed E-state index contributed by atoms with van der Waals surface area (Å²) in [7, 11) is 0. The van der Waals surface area contributed by atoms with Crippen molar-refractivity contribution >= 4 is 28.8 Å². The van der Waals surface area contributed by atoms with E-state index in [1.165, 1.54) is 18.2 Å². The minimum Gasteiger partial charge on any atom is -0.325 e. The molecule has 1 saturated heterocycles. The molecule has 0 unspecified atom stereocenters. The lowest BCUT2D eigenvalue weighted by Gasteiger charge is -2.12. The zero-order chi connectivity index (χ0) is 13.4. The molecular weight excluding hydrogens is 254 g/mol. The molecule has 0 aliphatic carbocycles. The van der Waals surface area contributed by atoms with E-state index in [-0.39, 0.29) is 18.4 Å². The molecule has 1 aromatic heterocycles. The molecule has 0 N–H and O–H groups in total. The number of fused-ring (bicyclic) bond motifs is 1. The van der Waals surface area contributed by atoms with Crippen molar-refractivity contribution in [1.29, 1.82) is 0 Å². The standard InChI is InChI=1S/C11H7N3O5/c15-9-3-4-10(16)14(9)18-11(17)6-1-2-7-8(5-6)13-19-12-7/h1-2,5H,3-4H2. The molecule has 8 heteroatoms. The Labute approximate surface area is 105 Å². The van der Waals surface area contributed by atoms with Crippen LogP contribution in [-0.2, 0) is 14.4 Å². The average Bonchev–Trinajstić information content (AvgIpc) is 2.99. The number of nitrogens with zero attached hydrogens (tertiary/aromatic N) is 3. The van der Waals surface area contributed by atoms with Gasteiger partial charge in [0.2, 0.25) is 0 Å². The van der Waals surface area contributed by atoms with Crippen molar-refractivity contribution in [1.82, 2.24) is 15.4 Å². The fourth-order valence-electron chi connectivity index (χ4n) is 1.70. The van der Waals surface area contributed by atoms with Crippen molar-refractivity contribution in [2.24, 2.45) is 0 Å². The van der Waals surface area contributed by atoms with Crippen LogP contribution in [0.1, 0.15) is 23.2 Å². The molecule has 1 aliphatic heterocycles. The number of hydroxylamine groups is 2. The first-order valence-corrected chi connectivity index (χ1v) is 5.45. The van der Waals surface area contributed by atoms with Crippen LogP contribution in [0, 0.1) is 0 Å². The zero-order valence-electron chi connectivity index (χ0n) is 9.53. The molecule has 2 heterocycles. The summed E-state index contributed by atoms with van der Waals surface area (Å²) in [4.78, 5) is 39.2. The van der Waals surface area contributed by atoms with Gasteiger partial charge in [0, 0.05) is 12.8 Å². The fraction of sp³-hybridized carbons (Fsp3) is 0.182. The quantitative estimate of drug-likeness (QED) is 0.722. The van der Waals surface area contributed by atoms with Crippen molar-refractivity contribution in [3.05, 3.63) is 23.8 Å². The van der Waals surface area contributed by atoms with Gasteiger partial charge in [-0.3, -0.25) is 9.59 Å². The number of aromatic nitrogens is 2. The van der Waals surface area contributed by atoms with E-state index in [4.69, 9.17) is 4.84 Å². The smallest absolute Gasteiger partial charge is 0.325 e. The second-order valence-corrected chi connectivity index (χ2v) is 3.93. The van der Waals surface area contributed by atoms with Crippen LogP contribution in [0.3, 0.4) is 0 Å². The van der Waals surface area contributed by atoms with Gasteiger partial charge in [-0.2, -0.15) is 0 Å². The van der Waals surface area contributed by atoms with Crippen LogP contribution in [0.4, 0.5) is 0 Å². The molecule has 8 nitrogen and oxygen atoms in total. The van der Waals surface area contributed by atoms with Crippen LogP contribution in [0.2, 0.25) is 0 Å². The maximum atomic E-state index is 11.8. The molecule has 0 radical (unpaired) electrons. The SMILES string of the molecule is O=C(ON1C(=O)CCC1=O)c1ccc2nonc2c1. The Kier molecular flexibility index (Phi) is 2.48. The summed E-state index contributed by atoms with van der Waals surface area (Å²) in [6.45, 7) is 0. The highest BCUT2D eigenvalue weighted by Crippen LogP contribution is 2.16. The number of rotatable bonds is 2. The third-order valence-electron chi connectivity index (χ3n) is 2.67. The van der Waals surface area contributed by atoms with Crippen molar-refractivity contribution in [3.63, 3.8) is 0 Å². The van der Waals surface area contributed by atoms with Crippen molar-refractivity contribution < 1.29 is 23.9 Å². The summed E-state index contributed by atoms with van der Waals surface area (Å²) in [5.74, 6) is -1.86. The Balaban J connectivity index is 1.83. The van der Waals surface area contributed by atoms with Crippen LogP contribution in [-0.4, -0.2) is 33.2 Å². The zero-order valence-corrected chi connectivity index (χ0v) is 9.53. The number of carbonyl (C=O) groups excluding carboxylic acids is 3. The molecule has 0 saturated carbocycles. The van der Waals surface area contributed by atoms with Gasteiger partial charge in [0.25, 0.3) is 11.8 Å². The maximum Gasteiger partial charge on any atom is 0.364 e. The van der Waals surface area contributed by atoms with Gasteiger partial charge in [0.05, 0.1) is 5.56 Å². The monoisotopic (exact) mass is 261 g/mol. The minimum absolute atomic E-state index is 0.0539. The first kappa shape index (κ1) is 11.3. The molecule has 0 atom stereocenters. The Morgan fingerprint density at radius 2 is 1.84 bits per heavy atom. The lowest BCUT2D eigenvalue weighted by atomic mass is 10.2. The molecule has 1 fully saturated rings. The van der Waals surface area contributed by atoms with Crippen molar-refractivity contribution in [3.8, 4) is 0 Å². The third-order valence-corrected chi connectivity index (χ3v) is 2.67. The van der Waals surface area contributed by atoms with Crippen LogP contribution < -0.4 is 0 Å². The number of hydrogen-bond acceptors (Lipinski definition) is 7. The molecule has 1 aliphatic rings. The van der Waals surface area contributed by atoms with Gasteiger partial charge in [0.15, 0.2) is 0 Å². The topological polar surface area (TPSA) is 103 Å². The number of imide groups is 1. The first-order chi connectivity index (χ1) is 9.15. The van der Waals surface area contributed by atoms with E-state index in [0.29, 0.717) is 16.1 Å². The number of amides is 2. The van der Waals surface area contributed by atoms with E-state index < -0.39 is 17.8 Å².